The Bertz CT molecular complexity index is 156. The SMILES string of the molecule is C=CC1=C(C)CCC1N. The van der Waals surface area contributed by atoms with Gasteiger partial charge in [0, 0.05) is 6.04 Å². The Labute approximate surface area is 56.2 Å². The maximum atomic E-state index is 5.75. The van der Waals surface area contributed by atoms with Crippen molar-refractivity contribution in [1.82, 2.24) is 0 Å². The van der Waals surface area contributed by atoms with Gasteiger partial charge in [-0.15, -0.1) is 0 Å². The van der Waals surface area contributed by atoms with E-state index in [0.717, 1.165) is 12.8 Å². The van der Waals surface area contributed by atoms with Crippen LogP contribution < -0.4 is 5.73 Å². The van der Waals surface area contributed by atoms with Crippen molar-refractivity contribution in [3.8, 4) is 0 Å². The lowest BCUT2D eigenvalue weighted by atomic mass is 10.1. The summed E-state index contributed by atoms with van der Waals surface area (Å²) in [7, 11) is 0. The lowest BCUT2D eigenvalue weighted by Crippen LogP contribution is -2.17. The van der Waals surface area contributed by atoms with Crippen molar-refractivity contribution < 1.29 is 0 Å². The number of rotatable bonds is 1. The number of hydrogen-bond acceptors (Lipinski definition) is 1. The van der Waals surface area contributed by atoms with Crippen LogP contribution in [0, 0.1) is 0 Å². The second-order valence-corrected chi connectivity index (χ2v) is 2.58. The van der Waals surface area contributed by atoms with E-state index < -0.39 is 0 Å². The molecule has 0 amide bonds. The fourth-order valence-corrected chi connectivity index (χ4v) is 1.31. The molecule has 1 unspecified atom stereocenters. The molecule has 0 aromatic rings. The van der Waals surface area contributed by atoms with Crippen LogP contribution in [0.3, 0.4) is 0 Å². The van der Waals surface area contributed by atoms with Gasteiger partial charge in [0.05, 0.1) is 0 Å². The predicted molar refractivity (Wildman–Crippen MR) is 40.1 cm³/mol. The molecule has 9 heavy (non-hydrogen) atoms. The Morgan fingerprint density at radius 2 is 2.44 bits per heavy atom. The Hall–Kier alpha value is -0.560. The van der Waals surface area contributed by atoms with Crippen LogP contribution in [0.5, 0.6) is 0 Å². The van der Waals surface area contributed by atoms with Gasteiger partial charge in [0.25, 0.3) is 0 Å². The highest BCUT2D eigenvalue weighted by Crippen LogP contribution is 2.24. The summed E-state index contributed by atoms with van der Waals surface area (Å²) in [5.41, 5.74) is 8.42. The quantitative estimate of drug-likeness (QED) is 0.563. The van der Waals surface area contributed by atoms with E-state index in [1.54, 1.807) is 0 Å². The molecule has 50 valence electrons. The third kappa shape index (κ3) is 1.06. The summed E-state index contributed by atoms with van der Waals surface area (Å²) in [6.45, 7) is 5.83. The first-order valence-corrected chi connectivity index (χ1v) is 3.33. The maximum Gasteiger partial charge on any atom is 0.0297 e. The topological polar surface area (TPSA) is 26.0 Å². The van der Waals surface area contributed by atoms with Crippen molar-refractivity contribution in [1.29, 1.82) is 0 Å². The highest BCUT2D eigenvalue weighted by molar-refractivity contribution is 5.32. The molecule has 1 aliphatic rings. The molecular weight excluding hydrogens is 110 g/mol. The first-order chi connectivity index (χ1) is 4.25. The molecule has 1 heteroatoms. The molecular formula is C8H13N. The monoisotopic (exact) mass is 123 g/mol. The van der Waals surface area contributed by atoms with Crippen LogP contribution in [0.1, 0.15) is 19.8 Å². The van der Waals surface area contributed by atoms with Gasteiger partial charge in [-0.25, -0.2) is 0 Å². The fraction of sp³-hybridized carbons (Fsp3) is 0.500. The summed E-state index contributed by atoms with van der Waals surface area (Å²) in [4.78, 5) is 0. The highest BCUT2D eigenvalue weighted by Gasteiger charge is 2.15. The zero-order chi connectivity index (χ0) is 6.85. The number of allylic oxidation sites excluding steroid dienone is 1. The summed E-state index contributed by atoms with van der Waals surface area (Å²) in [5, 5.41) is 0. The van der Waals surface area contributed by atoms with Crippen molar-refractivity contribution in [2.24, 2.45) is 5.73 Å². The number of nitrogens with two attached hydrogens (primary N) is 1. The maximum absolute atomic E-state index is 5.75. The first-order valence-electron chi connectivity index (χ1n) is 3.33. The van der Waals surface area contributed by atoms with E-state index in [1.165, 1.54) is 11.1 Å². The minimum absolute atomic E-state index is 0.266. The standard InChI is InChI=1S/C8H13N/c1-3-7-6(2)4-5-8(7)9/h3,8H,1,4-5,9H2,2H3. The third-order valence-corrected chi connectivity index (χ3v) is 1.94. The molecule has 1 rings (SSSR count). The predicted octanol–water partition coefficient (Wildman–Crippen LogP) is 1.61. The minimum atomic E-state index is 0.266. The average molecular weight is 123 g/mol. The van der Waals surface area contributed by atoms with Crippen molar-refractivity contribution in [2.45, 2.75) is 25.8 Å². The van der Waals surface area contributed by atoms with Crippen molar-refractivity contribution in [3.05, 3.63) is 23.8 Å². The number of hydrogen-bond donors (Lipinski definition) is 1. The van der Waals surface area contributed by atoms with Gasteiger partial charge in [-0.05, 0) is 25.3 Å². The molecule has 1 aliphatic carbocycles. The van der Waals surface area contributed by atoms with Crippen LogP contribution in [-0.2, 0) is 0 Å². The molecule has 0 fully saturated rings. The van der Waals surface area contributed by atoms with E-state index in [9.17, 15) is 0 Å². The molecule has 0 saturated heterocycles. The van der Waals surface area contributed by atoms with Crippen LogP contribution in [0.15, 0.2) is 23.8 Å². The Balaban J connectivity index is 2.81. The first kappa shape index (κ1) is 6.56. The molecule has 0 aromatic carbocycles. The van der Waals surface area contributed by atoms with Crippen molar-refractivity contribution >= 4 is 0 Å². The van der Waals surface area contributed by atoms with E-state index in [-0.39, 0.29) is 6.04 Å². The molecule has 0 aromatic heterocycles. The van der Waals surface area contributed by atoms with Crippen LogP contribution in [0.2, 0.25) is 0 Å². The van der Waals surface area contributed by atoms with E-state index >= 15 is 0 Å². The van der Waals surface area contributed by atoms with E-state index in [1.807, 2.05) is 6.08 Å². The molecule has 0 spiro atoms. The molecule has 0 radical (unpaired) electrons. The smallest absolute Gasteiger partial charge is 0.0297 e. The van der Waals surface area contributed by atoms with Gasteiger partial charge < -0.3 is 5.73 Å². The normalized spacial score (nSPS) is 27.1. The van der Waals surface area contributed by atoms with E-state index in [2.05, 4.69) is 13.5 Å². The van der Waals surface area contributed by atoms with Crippen LogP contribution in [-0.4, -0.2) is 6.04 Å². The minimum Gasteiger partial charge on any atom is -0.324 e. The lowest BCUT2D eigenvalue weighted by molar-refractivity contribution is 0.759. The van der Waals surface area contributed by atoms with E-state index in [4.69, 9.17) is 5.73 Å². The van der Waals surface area contributed by atoms with Crippen LogP contribution in [0.4, 0.5) is 0 Å². The highest BCUT2D eigenvalue weighted by atomic mass is 14.6. The average Bonchev–Trinajstić information content (AvgIpc) is 2.12. The van der Waals surface area contributed by atoms with Gasteiger partial charge in [0.2, 0.25) is 0 Å². The van der Waals surface area contributed by atoms with Gasteiger partial charge in [0.15, 0.2) is 0 Å². The molecule has 1 nitrogen and oxygen atoms in total. The van der Waals surface area contributed by atoms with Gasteiger partial charge in [-0.3, -0.25) is 0 Å². The third-order valence-electron chi connectivity index (χ3n) is 1.94. The van der Waals surface area contributed by atoms with Gasteiger partial charge in [-0.1, -0.05) is 18.2 Å². The lowest BCUT2D eigenvalue weighted by Gasteiger charge is -2.02. The Morgan fingerprint density at radius 3 is 2.67 bits per heavy atom. The second kappa shape index (κ2) is 2.36. The summed E-state index contributed by atoms with van der Waals surface area (Å²) in [6, 6.07) is 0.266. The molecule has 1 atom stereocenters. The molecule has 0 heterocycles. The summed E-state index contributed by atoms with van der Waals surface area (Å²) < 4.78 is 0. The molecule has 0 saturated carbocycles. The summed E-state index contributed by atoms with van der Waals surface area (Å²) >= 11 is 0. The Kier molecular flexibility index (Phi) is 1.72. The summed E-state index contributed by atoms with van der Waals surface area (Å²) in [5.74, 6) is 0. The molecule has 0 aliphatic heterocycles. The zero-order valence-corrected chi connectivity index (χ0v) is 5.85. The van der Waals surface area contributed by atoms with E-state index in [0.29, 0.717) is 0 Å². The van der Waals surface area contributed by atoms with Gasteiger partial charge in [0.1, 0.15) is 0 Å². The zero-order valence-electron chi connectivity index (χ0n) is 5.85. The summed E-state index contributed by atoms with van der Waals surface area (Å²) in [6.07, 6.45) is 4.14. The van der Waals surface area contributed by atoms with Crippen LogP contribution in [0.25, 0.3) is 0 Å². The second-order valence-electron chi connectivity index (χ2n) is 2.58. The van der Waals surface area contributed by atoms with Crippen molar-refractivity contribution in [2.75, 3.05) is 0 Å². The Morgan fingerprint density at radius 1 is 1.78 bits per heavy atom. The van der Waals surface area contributed by atoms with Gasteiger partial charge >= 0.3 is 0 Å². The largest absolute Gasteiger partial charge is 0.324 e. The molecule has 2 N–H and O–H groups in total. The molecule has 0 bridgehead atoms. The van der Waals surface area contributed by atoms with Crippen LogP contribution >= 0.6 is 0 Å². The van der Waals surface area contributed by atoms with Gasteiger partial charge in [-0.2, -0.15) is 0 Å². The fourth-order valence-electron chi connectivity index (χ4n) is 1.31. The van der Waals surface area contributed by atoms with Crippen molar-refractivity contribution in [3.63, 3.8) is 0 Å².